The van der Waals surface area contributed by atoms with Crippen molar-refractivity contribution < 1.29 is 9.90 Å². The van der Waals surface area contributed by atoms with E-state index in [1.54, 1.807) is 0 Å². The third-order valence-electron chi connectivity index (χ3n) is 11.2. The zero-order chi connectivity index (χ0) is 24.7. The predicted octanol–water partition coefficient (Wildman–Crippen LogP) is 7.27. The molecule has 3 fully saturated rings. The average molecular weight is 537 g/mol. The van der Waals surface area contributed by atoms with Crippen molar-refractivity contribution in [1.82, 2.24) is 5.32 Å². The summed E-state index contributed by atoms with van der Waals surface area (Å²) in [6.45, 7) is 12.9. The van der Waals surface area contributed by atoms with Gasteiger partial charge in [0.25, 0.3) is 5.91 Å². The van der Waals surface area contributed by atoms with Crippen LogP contribution in [0.1, 0.15) is 105 Å². The molecule has 0 radical (unpaired) electrons. The first-order chi connectivity index (χ1) is 16.0. The maximum absolute atomic E-state index is 12.7. The minimum absolute atomic E-state index is 0.160. The van der Waals surface area contributed by atoms with E-state index in [4.69, 9.17) is 0 Å². The molecule has 3 saturated carbocycles. The first-order valence-electron chi connectivity index (χ1n) is 14.3. The molecule has 0 aromatic rings. The van der Waals surface area contributed by atoms with Crippen LogP contribution < -0.4 is 5.32 Å². The Hall–Kier alpha value is -0.350. The molecule has 0 aromatic heterocycles. The van der Waals surface area contributed by atoms with Gasteiger partial charge in [0.15, 0.2) is 0 Å². The van der Waals surface area contributed by atoms with E-state index in [2.05, 4.69) is 61.9 Å². The lowest BCUT2D eigenvalue weighted by Gasteiger charge is -2.59. The van der Waals surface area contributed by atoms with Gasteiger partial charge in [-0.2, -0.15) is 0 Å². The van der Waals surface area contributed by atoms with Crippen molar-refractivity contribution in [1.29, 1.82) is 0 Å². The monoisotopic (exact) mass is 535 g/mol. The van der Waals surface area contributed by atoms with Gasteiger partial charge >= 0.3 is 0 Å². The molecule has 8 atom stereocenters. The molecule has 0 unspecified atom stereocenters. The summed E-state index contributed by atoms with van der Waals surface area (Å²) < 4.78 is 0. The molecule has 4 heteroatoms. The Labute approximate surface area is 217 Å². The first kappa shape index (κ1) is 26.7. The van der Waals surface area contributed by atoms with Crippen LogP contribution in [0.5, 0.6) is 0 Å². The molecule has 4 aliphatic rings. The summed E-state index contributed by atoms with van der Waals surface area (Å²) in [5.41, 5.74) is 0.808. The van der Waals surface area contributed by atoms with Crippen LogP contribution in [-0.4, -0.2) is 28.5 Å². The number of carbonyl (C=O) groups excluding carboxylic acids is 1. The van der Waals surface area contributed by atoms with Gasteiger partial charge in [-0.05, 0) is 91.3 Å². The highest BCUT2D eigenvalue weighted by molar-refractivity contribution is 9.09. The first-order valence-corrected chi connectivity index (χ1v) is 15.4. The lowest BCUT2D eigenvalue weighted by molar-refractivity contribution is -0.145. The number of amides is 1. The smallest absolute Gasteiger partial charge is 0.252 e. The summed E-state index contributed by atoms with van der Waals surface area (Å²) in [6.07, 6.45) is 15.4. The van der Waals surface area contributed by atoms with Crippen LogP contribution in [0.2, 0.25) is 0 Å². The van der Waals surface area contributed by atoms with Crippen molar-refractivity contribution in [3.63, 3.8) is 0 Å². The highest BCUT2D eigenvalue weighted by atomic mass is 79.9. The largest absolute Gasteiger partial charge is 0.380 e. The fourth-order valence-electron chi connectivity index (χ4n) is 9.19. The minimum Gasteiger partial charge on any atom is -0.380 e. The van der Waals surface area contributed by atoms with Gasteiger partial charge in [0.1, 0.15) is 5.60 Å². The highest BCUT2D eigenvalue weighted by Gasteiger charge is 2.60. The summed E-state index contributed by atoms with van der Waals surface area (Å²) in [7, 11) is 0. The Morgan fingerprint density at radius 2 is 1.88 bits per heavy atom. The zero-order valence-corrected chi connectivity index (χ0v) is 24.1. The molecule has 0 spiro atoms. The molecule has 0 aliphatic heterocycles. The average Bonchev–Trinajstić information content (AvgIpc) is 3.15. The van der Waals surface area contributed by atoms with Crippen LogP contribution in [-0.2, 0) is 4.79 Å². The van der Waals surface area contributed by atoms with E-state index < -0.39 is 5.60 Å². The van der Waals surface area contributed by atoms with E-state index in [-0.39, 0.29) is 11.3 Å². The number of nitrogens with one attached hydrogen (secondary N) is 1. The van der Waals surface area contributed by atoms with Crippen LogP contribution in [0.25, 0.3) is 0 Å². The van der Waals surface area contributed by atoms with Crippen LogP contribution >= 0.6 is 15.9 Å². The number of alkyl halides is 1. The maximum atomic E-state index is 12.7. The quantitative estimate of drug-likeness (QED) is 0.253. The number of fused-ring (bicyclic) bond motifs is 5. The van der Waals surface area contributed by atoms with Crippen LogP contribution in [0.15, 0.2) is 11.6 Å². The highest BCUT2D eigenvalue weighted by Crippen LogP contribution is 2.67. The van der Waals surface area contributed by atoms with Crippen molar-refractivity contribution in [2.24, 2.45) is 46.3 Å². The van der Waals surface area contributed by atoms with Gasteiger partial charge in [-0.1, -0.05) is 81.5 Å². The molecule has 0 heterocycles. The second-order valence-electron chi connectivity index (χ2n) is 13.4. The second-order valence-corrected chi connectivity index (χ2v) is 14.2. The SMILES string of the molecule is CC(C)CCC[C@@H](C)[C@H]1CC[C@H]2[C@@H]3CC=C4C[C@](O)(C(=O)NCCBr)CC[C@]4(C)[C@H]3CC[C@]12C. The van der Waals surface area contributed by atoms with Gasteiger partial charge in [-0.15, -0.1) is 0 Å². The van der Waals surface area contributed by atoms with E-state index in [1.807, 2.05) is 0 Å². The topological polar surface area (TPSA) is 49.3 Å². The Balaban J connectivity index is 1.47. The van der Waals surface area contributed by atoms with E-state index in [1.165, 1.54) is 50.5 Å². The van der Waals surface area contributed by atoms with Gasteiger partial charge in [0.05, 0.1) is 0 Å². The Morgan fingerprint density at radius 3 is 2.59 bits per heavy atom. The standard InChI is InChI=1S/C30H50BrNO2/c1-20(2)7-6-8-21(3)24-11-12-25-23-10-9-22-19-30(34,27(33)32-18-17-31)16-15-28(22,4)26(23)13-14-29(24,25)5/h9,20-21,23-26,34H,6-8,10-19H2,1-5H3,(H,32,33)/t21-,23+,24-,25+,26+,28+,29-,30+/m1/s1. The Kier molecular flexibility index (Phi) is 8.00. The van der Waals surface area contributed by atoms with Crippen molar-refractivity contribution in [2.75, 3.05) is 11.9 Å². The Morgan fingerprint density at radius 1 is 1.12 bits per heavy atom. The van der Waals surface area contributed by atoms with Crippen molar-refractivity contribution in [3.05, 3.63) is 11.6 Å². The lowest BCUT2D eigenvalue weighted by atomic mass is 9.46. The number of halogens is 1. The van der Waals surface area contributed by atoms with Gasteiger partial charge < -0.3 is 10.4 Å². The Bertz CT molecular complexity index is 780. The van der Waals surface area contributed by atoms with Crippen LogP contribution in [0.4, 0.5) is 0 Å². The zero-order valence-electron chi connectivity index (χ0n) is 22.5. The molecular weight excluding hydrogens is 486 g/mol. The number of allylic oxidation sites excluding steroid dienone is 1. The summed E-state index contributed by atoms with van der Waals surface area (Å²) in [4.78, 5) is 12.7. The number of hydrogen-bond acceptors (Lipinski definition) is 2. The number of rotatable bonds is 8. The number of aliphatic hydroxyl groups is 1. The van der Waals surface area contributed by atoms with Gasteiger partial charge in [0.2, 0.25) is 0 Å². The fourth-order valence-corrected chi connectivity index (χ4v) is 9.39. The molecule has 0 aromatic carbocycles. The number of carbonyl (C=O) groups is 1. The molecule has 2 N–H and O–H groups in total. The molecule has 4 aliphatic carbocycles. The summed E-state index contributed by atoms with van der Waals surface area (Å²) in [6, 6.07) is 0. The van der Waals surface area contributed by atoms with Gasteiger partial charge in [-0.25, -0.2) is 0 Å². The second kappa shape index (κ2) is 10.2. The predicted molar refractivity (Wildman–Crippen MR) is 145 cm³/mol. The summed E-state index contributed by atoms with van der Waals surface area (Å²) in [5, 5.41) is 14.9. The summed E-state index contributed by atoms with van der Waals surface area (Å²) >= 11 is 3.37. The van der Waals surface area contributed by atoms with E-state index in [9.17, 15) is 9.90 Å². The molecular formula is C30H50BrNO2. The van der Waals surface area contributed by atoms with Crippen LogP contribution in [0, 0.1) is 46.3 Å². The summed E-state index contributed by atoms with van der Waals surface area (Å²) in [5.74, 6) is 4.73. The molecule has 3 nitrogen and oxygen atoms in total. The van der Waals surface area contributed by atoms with Crippen LogP contribution in [0.3, 0.4) is 0 Å². The van der Waals surface area contributed by atoms with E-state index >= 15 is 0 Å². The maximum Gasteiger partial charge on any atom is 0.252 e. The third kappa shape index (κ3) is 4.69. The van der Waals surface area contributed by atoms with Gasteiger partial charge in [0, 0.05) is 18.3 Å². The van der Waals surface area contributed by atoms with Crippen molar-refractivity contribution in [3.8, 4) is 0 Å². The van der Waals surface area contributed by atoms with Crippen molar-refractivity contribution >= 4 is 21.8 Å². The van der Waals surface area contributed by atoms with E-state index in [0.717, 1.165) is 53.7 Å². The molecule has 1 amide bonds. The van der Waals surface area contributed by atoms with Gasteiger partial charge in [-0.3, -0.25) is 4.79 Å². The molecule has 0 saturated heterocycles. The fraction of sp³-hybridized carbons (Fsp3) is 0.900. The molecule has 194 valence electrons. The van der Waals surface area contributed by atoms with E-state index in [0.29, 0.717) is 24.8 Å². The normalized spacial score (nSPS) is 42.4. The molecule has 34 heavy (non-hydrogen) atoms. The molecule has 4 rings (SSSR count). The number of hydrogen-bond donors (Lipinski definition) is 2. The lowest BCUT2D eigenvalue weighted by Crippen LogP contribution is -2.56. The molecule has 0 bridgehead atoms. The third-order valence-corrected chi connectivity index (χ3v) is 11.6. The minimum atomic E-state index is -1.23. The van der Waals surface area contributed by atoms with Crippen molar-refractivity contribution in [2.45, 2.75) is 111 Å².